The van der Waals surface area contributed by atoms with Gasteiger partial charge in [0.1, 0.15) is 23.2 Å². The molecule has 1 aromatic rings. The Balaban J connectivity index is 2.63. The van der Waals surface area contributed by atoms with E-state index in [9.17, 15) is 10.1 Å². The van der Waals surface area contributed by atoms with Crippen LogP contribution in [0.1, 0.15) is 45.6 Å². The van der Waals surface area contributed by atoms with Gasteiger partial charge in [-0.15, -0.1) is 0 Å². The van der Waals surface area contributed by atoms with E-state index in [4.69, 9.17) is 19.9 Å². The van der Waals surface area contributed by atoms with Gasteiger partial charge in [-0.05, 0) is 33.3 Å². The van der Waals surface area contributed by atoms with Gasteiger partial charge in [0.05, 0.1) is 24.2 Å². The lowest BCUT2D eigenvalue weighted by Gasteiger charge is -2.28. The van der Waals surface area contributed by atoms with Crippen molar-refractivity contribution >= 4 is 5.97 Å². The topological polar surface area (TPSA) is 94.6 Å². The lowest BCUT2D eigenvalue weighted by Crippen LogP contribution is -2.26. The molecular formula is C20H24N2O4. The maximum Gasteiger partial charge on any atom is 0.338 e. The number of benzene rings is 1. The first kappa shape index (κ1) is 19.4. The monoisotopic (exact) mass is 356 g/mol. The highest BCUT2D eigenvalue weighted by molar-refractivity contribution is 5.92. The number of ether oxygens (including phenoxy) is 3. The number of para-hydroxylation sites is 1. The van der Waals surface area contributed by atoms with Crippen molar-refractivity contribution in [1.29, 1.82) is 5.26 Å². The third-order valence-electron chi connectivity index (χ3n) is 4.23. The fraction of sp³-hybridized carbons (Fsp3) is 0.400. The lowest BCUT2D eigenvalue weighted by atomic mass is 9.82. The van der Waals surface area contributed by atoms with Crippen molar-refractivity contribution in [3.8, 4) is 11.8 Å². The van der Waals surface area contributed by atoms with Crippen LogP contribution < -0.4 is 10.5 Å². The summed E-state index contributed by atoms with van der Waals surface area (Å²) in [5.74, 6) is -0.324. The average Bonchev–Trinajstić information content (AvgIpc) is 2.61. The Bertz CT molecular complexity index is 789. The number of allylic oxidation sites excluding steroid dienone is 2. The summed E-state index contributed by atoms with van der Waals surface area (Å²) >= 11 is 0. The Labute approximate surface area is 153 Å². The number of carbonyl (C=O) groups is 1. The number of nitrogens with two attached hydrogens (primary N) is 1. The van der Waals surface area contributed by atoms with Crippen molar-refractivity contribution in [2.24, 2.45) is 5.73 Å². The fourth-order valence-electron chi connectivity index (χ4n) is 2.79. The predicted octanol–water partition coefficient (Wildman–Crippen LogP) is 3.51. The number of esters is 1. The van der Waals surface area contributed by atoms with Crippen molar-refractivity contribution in [2.45, 2.75) is 46.1 Å². The van der Waals surface area contributed by atoms with Gasteiger partial charge in [0.15, 0.2) is 0 Å². The van der Waals surface area contributed by atoms with Crippen LogP contribution in [0.2, 0.25) is 0 Å². The summed E-state index contributed by atoms with van der Waals surface area (Å²) in [6.07, 6.45) is 0.809. The minimum absolute atomic E-state index is 0.0126. The molecule has 2 unspecified atom stereocenters. The average molecular weight is 356 g/mol. The summed E-state index contributed by atoms with van der Waals surface area (Å²) < 4.78 is 16.6. The third kappa shape index (κ3) is 3.83. The Hall–Kier alpha value is -2.94. The van der Waals surface area contributed by atoms with Gasteiger partial charge >= 0.3 is 5.97 Å². The molecule has 1 aromatic carbocycles. The van der Waals surface area contributed by atoms with E-state index in [2.05, 4.69) is 6.07 Å². The normalized spacial score (nSPS) is 18.0. The molecule has 0 radical (unpaired) electrons. The van der Waals surface area contributed by atoms with Gasteiger partial charge in [-0.1, -0.05) is 25.1 Å². The van der Waals surface area contributed by atoms with Crippen LogP contribution in [0.4, 0.5) is 0 Å². The number of rotatable bonds is 6. The zero-order chi connectivity index (χ0) is 19.3. The number of nitriles is 1. The van der Waals surface area contributed by atoms with Gasteiger partial charge in [-0.25, -0.2) is 4.79 Å². The molecule has 1 aliphatic rings. The highest BCUT2D eigenvalue weighted by Crippen LogP contribution is 2.43. The summed E-state index contributed by atoms with van der Waals surface area (Å²) in [6, 6.07) is 9.40. The van der Waals surface area contributed by atoms with E-state index in [-0.39, 0.29) is 29.7 Å². The predicted molar refractivity (Wildman–Crippen MR) is 96.8 cm³/mol. The first-order chi connectivity index (χ1) is 12.4. The van der Waals surface area contributed by atoms with Crippen molar-refractivity contribution in [2.75, 3.05) is 6.61 Å². The summed E-state index contributed by atoms with van der Waals surface area (Å²) in [6.45, 7) is 7.56. The molecule has 0 saturated carbocycles. The highest BCUT2D eigenvalue weighted by atomic mass is 16.5. The second-order valence-electron chi connectivity index (χ2n) is 5.99. The molecule has 0 bridgehead atoms. The number of hydrogen-bond donors (Lipinski definition) is 1. The molecule has 1 aliphatic heterocycles. The van der Waals surface area contributed by atoms with E-state index >= 15 is 0 Å². The molecule has 0 fully saturated rings. The van der Waals surface area contributed by atoms with Gasteiger partial charge in [-0.2, -0.15) is 5.26 Å². The van der Waals surface area contributed by atoms with Crippen molar-refractivity contribution in [1.82, 2.24) is 0 Å². The Morgan fingerprint density at radius 1 is 1.38 bits per heavy atom. The molecule has 6 heteroatoms. The van der Waals surface area contributed by atoms with Crippen LogP contribution in [0.3, 0.4) is 0 Å². The minimum Gasteiger partial charge on any atom is -0.490 e. The highest BCUT2D eigenvalue weighted by Gasteiger charge is 2.37. The maximum absolute atomic E-state index is 12.6. The van der Waals surface area contributed by atoms with Crippen LogP contribution >= 0.6 is 0 Å². The van der Waals surface area contributed by atoms with E-state index in [0.29, 0.717) is 17.1 Å². The van der Waals surface area contributed by atoms with Crippen LogP contribution in [0.15, 0.2) is 47.1 Å². The van der Waals surface area contributed by atoms with Gasteiger partial charge in [0.2, 0.25) is 5.88 Å². The molecule has 0 amide bonds. The molecule has 6 nitrogen and oxygen atoms in total. The van der Waals surface area contributed by atoms with Crippen LogP contribution in [-0.2, 0) is 14.3 Å². The van der Waals surface area contributed by atoms with Crippen LogP contribution in [0.25, 0.3) is 0 Å². The molecule has 1 heterocycles. The first-order valence-corrected chi connectivity index (χ1v) is 8.65. The molecule has 138 valence electrons. The minimum atomic E-state index is -0.701. The quantitative estimate of drug-likeness (QED) is 0.784. The Morgan fingerprint density at radius 2 is 2.08 bits per heavy atom. The maximum atomic E-state index is 12.6. The molecule has 2 atom stereocenters. The third-order valence-corrected chi connectivity index (χ3v) is 4.23. The lowest BCUT2D eigenvalue weighted by molar-refractivity contribution is -0.139. The van der Waals surface area contributed by atoms with E-state index < -0.39 is 11.9 Å². The second-order valence-corrected chi connectivity index (χ2v) is 5.99. The van der Waals surface area contributed by atoms with Crippen molar-refractivity contribution in [3.05, 3.63) is 52.6 Å². The number of carbonyl (C=O) groups excluding carboxylic acids is 1. The molecule has 0 aliphatic carbocycles. The van der Waals surface area contributed by atoms with Gasteiger partial charge in [0.25, 0.3) is 0 Å². The summed E-state index contributed by atoms with van der Waals surface area (Å²) in [7, 11) is 0. The van der Waals surface area contributed by atoms with Gasteiger partial charge < -0.3 is 19.9 Å². The van der Waals surface area contributed by atoms with Crippen LogP contribution in [0, 0.1) is 11.3 Å². The zero-order valence-corrected chi connectivity index (χ0v) is 15.5. The molecular weight excluding hydrogens is 332 g/mol. The number of nitrogens with zero attached hydrogens (tertiary/aromatic N) is 1. The Morgan fingerprint density at radius 3 is 2.69 bits per heavy atom. The van der Waals surface area contributed by atoms with E-state index in [1.54, 1.807) is 13.8 Å². The molecule has 26 heavy (non-hydrogen) atoms. The molecule has 2 N–H and O–H groups in total. The van der Waals surface area contributed by atoms with Gasteiger partial charge in [0, 0.05) is 5.56 Å². The standard InChI is InChI=1S/C20H24N2O4/c1-5-12(3)25-16-10-8-7-9-14(16)18-15(11-21)19(22)26-13(4)17(18)20(23)24-6-2/h7-10,12,18H,5-6,22H2,1-4H3. The summed E-state index contributed by atoms with van der Waals surface area (Å²) in [4.78, 5) is 12.6. The smallest absolute Gasteiger partial charge is 0.338 e. The van der Waals surface area contributed by atoms with E-state index in [1.165, 1.54) is 0 Å². The van der Waals surface area contributed by atoms with E-state index in [0.717, 1.165) is 6.42 Å². The van der Waals surface area contributed by atoms with Crippen molar-refractivity contribution < 1.29 is 19.0 Å². The van der Waals surface area contributed by atoms with Gasteiger partial charge in [-0.3, -0.25) is 0 Å². The van der Waals surface area contributed by atoms with E-state index in [1.807, 2.05) is 38.1 Å². The molecule has 2 rings (SSSR count). The SMILES string of the molecule is CCOC(=O)C1=C(C)OC(N)=C(C#N)C1c1ccccc1OC(C)CC. The Kier molecular flexibility index (Phi) is 6.29. The number of hydrogen-bond acceptors (Lipinski definition) is 6. The second kappa shape index (κ2) is 8.43. The largest absolute Gasteiger partial charge is 0.490 e. The van der Waals surface area contributed by atoms with Crippen molar-refractivity contribution in [3.63, 3.8) is 0 Å². The molecule has 0 spiro atoms. The zero-order valence-electron chi connectivity index (χ0n) is 15.5. The summed E-state index contributed by atoms with van der Waals surface area (Å²) in [5, 5.41) is 9.64. The molecule has 0 saturated heterocycles. The van der Waals surface area contributed by atoms with Crippen LogP contribution in [0.5, 0.6) is 5.75 Å². The first-order valence-electron chi connectivity index (χ1n) is 8.65. The van der Waals surface area contributed by atoms with Crippen LogP contribution in [-0.4, -0.2) is 18.7 Å². The molecule has 0 aromatic heterocycles. The fourth-order valence-corrected chi connectivity index (χ4v) is 2.79. The summed E-state index contributed by atoms with van der Waals surface area (Å²) in [5.41, 5.74) is 7.04.